The number of carbonyl (C=O) groups excluding carboxylic acids is 2. The van der Waals surface area contributed by atoms with Gasteiger partial charge in [0.2, 0.25) is 0 Å². The lowest BCUT2D eigenvalue weighted by Crippen LogP contribution is -2.20. The van der Waals surface area contributed by atoms with Crippen molar-refractivity contribution in [2.45, 2.75) is 26.2 Å². The van der Waals surface area contributed by atoms with E-state index >= 15 is 0 Å². The molecule has 0 fully saturated rings. The Labute approximate surface area is 158 Å². The van der Waals surface area contributed by atoms with Crippen LogP contribution in [0.2, 0.25) is 5.02 Å². The lowest BCUT2D eigenvalue weighted by Gasteiger charge is -2.18. The number of halogens is 1. The van der Waals surface area contributed by atoms with E-state index in [0.717, 1.165) is 29.7 Å². The molecule has 0 saturated heterocycles. The Morgan fingerprint density at radius 2 is 2.15 bits per heavy atom. The van der Waals surface area contributed by atoms with Crippen molar-refractivity contribution in [1.82, 2.24) is 0 Å². The molecule has 136 valence electrons. The molecule has 1 heterocycles. The number of primary amides is 1. The smallest absolute Gasteiger partial charge is 0.282 e. The summed E-state index contributed by atoms with van der Waals surface area (Å²) in [6.45, 7) is 2.10. The summed E-state index contributed by atoms with van der Waals surface area (Å²) in [5.41, 5.74) is 6.18. The molecule has 1 aromatic heterocycles. The number of fused-ring (bicyclic) bond motifs is 1. The average Bonchev–Trinajstić information content (AvgIpc) is 2.91. The molecule has 0 saturated carbocycles. The van der Waals surface area contributed by atoms with Gasteiger partial charge in [-0.05, 0) is 42.9 Å². The highest BCUT2D eigenvalue weighted by Gasteiger charge is 2.29. The number of carbonyl (C=O) groups is 2. The molecule has 1 aliphatic carbocycles. The standard InChI is InChI=1S/C17H16ClN3O4S/c1-8-2-5-13-11(6-8)14(15(19)22)17(26-13)20-16(23)10-7-9(18)3-4-12(10)21(24)25/h3-4,7-8H,2,5-6H2,1H3,(H2,19,22)(H,20,23). The average molecular weight is 394 g/mol. The van der Waals surface area contributed by atoms with Gasteiger partial charge in [-0.3, -0.25) is 19.7 Å². The highest BCUT2D eigenvalue weighted by atomic mass is 35.5. The van der Waals surface area contributed by atoms with Gasteiger partial charge in [0.05, 0.1) is 10.5 Å². The topological polar surface area (TPSA) is 115 Å². The van der Waals surface area contributed by atoms with Gasteiger partial charge in [0.15, 0.2) is 0 Å². The second-order valence-corrected chi connectivity index (χ2v) is 7.83. The zero-order chi connectivity index (χ0) is 19.0. The summed E-state index contributed by atoms with van der Waals surface area (Å²) in [5.74, 6) is -0.895. The molecule has 1 unspecified atom stereocenters. The number of rotatable bonds is 4. The lowest BCUT2D eigenvalue weighted by atomic mass is 9.87. The maximum atomic E-state index is 12.6. The number of hydrogen-bond donors (Lipinski definition) is 2. The molecule has 7 nitrogen and oxygen atoms in total. The number of amides is 2. The van der Waals surface area contributed by atoms with Crippen LogP contribution in [0.5, 0.6) is 0 Å². The van der Waals surface area contributed by atoms with E-state index < -0.39 is 16.7 Å². The number of nitrogens with two attached hydrogens (primary N) is 1. The Bertz CT molecular complexity index is 925. The van der Waals surface area contributed by atoms with Crippen molar-refractivity contribution in [2.75, 3.05) is 5.32 Å². The number of aryl methyl sites for hydroxylation is 1. The van der Waals surface area contributed by atoms with Crippen molar-refractivity contribution >= 4 is 45.4 Å². The predicted octanol–water partition coefficient (Wildman–Crippen LogP) is 3.79. The number of hydrogen-bond acceptors (Lipinski definition) is 5. The van der Waals surface area contributed by atoms with Crippen LogP contribution in [0.3, 0.4) is 0 Å². The number of nitro benzene ring substituents is 1. The summed E-state index contributed by atoms with van der Waals surface area (Å²) < 4.78 is 0. The second kappa shape index (κ2) is 7.05. The summed E-state index contributed by atoms with van der Waals surface area (Å²) in [6.07, 6.45) is 2.53. The van der Waals surface area contributed by atoms with Crippen LogP contribution < -0.4 is 11.1 Å². The minimum absolute atomic E-state index is 0.169. The summed E-state index contributed by atoms with van der Waals surface area (Å²) >= 11 is 7.17. The van der Waals surface area contributed by atoms with E-state index in [-0.39, 0.29) is 16.3 Å². The van der Waals surface area contributed by atoms with E-state index in [1.807, 2.05) is 0 Å². The van der Waals surface area contributed by atoms with Gasteiger partial charge < -0.3 is 11.1 Å². The highest BCUT2D eigenvalue weighted by Crippen LogP contribution is 2.39. The maximum Gasteiger partial charge on any atom is 0.282 e. The normalized spacial score (nSPS) is 16.0. The summed E-state index contributed by atoms with van der Waals surface area (Å²) in [5, 5.41) is 14.3. The maximum absolute atomic E-state index is 12.6. The number of nitrogens with zero attached hydrogens (tertiary/aromatic N) is 1. The van der Waals surface area contributed by atoms with E-state index in [4.69, 9.17) is 17.3 Å². The Morgan fingerprint density at radius 3 is 2.81 bits per heavy atom. The van der Waals surface area contributed by atoms with Gasteiger partial charge >= 0.3 is 0 Å². The fourth-order valence-corrected chi connectivity index (χ4v) is 4.54. The first-order chi connectivity index (χ1) is 12.3. The summed E-state index contributed by atoms with van der Waals surface area (Å²) in [4.78, 5) is 36.1. The Hall–Kier alpha value is -2.45. The number of anilines is 1. The first-order valence-corrected chi connectivity index (χ1v) is 9.17. The van der Waals surface area contributed by atoms with Crippen LogP contribution in [0.25, 0.3) is 0 Å². The van der Waals surface area contributed by atoms with E-state index in [1.165, 1.54) is 29.5 Å². The van der Waals surface area contributed by atoms with Crippen molar-refractivity contribution < 1.29 is 14.5 Å². The van der Waals surface area contributed by atoms with Crippen LogP contribution >= 0.6 is 22.9 Å². The summed E-state index contributed by atoms with van der Waals surface area (Å²) in [6, 6.07) is 3.75. The molecule has 1 atom stereocenters. The number of thiophene rings is 1. The summed E-state index contributed by atoms with van der Waals surface area (Å²) in [7, 11) is 0. The SMILES string of the molecule is CC1CCc2sc(NC(=O)c3cc(Cl)ccc3[N+](=O)[O-])c(C(N)=O)c2C1. The monoisotopic (exact) mass is 393 g/mol. The number of nitro groups is 1. The quantitative estimate of drug-likeness (QED) is 0.607. The fraction of sp³-hybridized carbons (Fsp3) is 0.294. The molecule has 0 radical (unpaired) electrons. The van der Waals surface area contributed by atoms with Crippen molar-refractivity contribution in [3.63, 3.8) is 0 Å². The molecule has 3 N–H and O–H groups in total. The van der Waals surface area contributed by atoms with Gasteiger partial charge in [-0.1, -0.05) is 18.5 Å². The minimum Gasteiger partial charge on any atom is -0.365 e. The molecule has 0 aliphatic heterocycles. The van der Waals surface area contributed by atoms with Crippen LogP contribution in [-0.4, -0.2) is 16.7 Å². The van der Waals surface area contributed by atoms with E-state index in [2.05, 4.69) is 12.2 Å². The van der Waals surface area contributed by atoms with Crippen LogP contribution in [0.15, 0.2) is 18.2 Å². The molecular weight excluding hydrogens is 378 g/mol. The second-order valence-electron chi connectivity index (χ2n) is 6.29. The van der Waals surface area contributed by atoms with Gasteiger partial charge in [0.25, 0.3) is 17.5 Å². The van der Waals surface area contributed by atoms with Crippen molar-refractivity contribution in [3.8, 4) is 0 Å². The fourth-order valence-electron chi connectivity index (χ4n) is 3.13. The molecular formula is C17H16ClN3O4S. The van der Waals surface area contributed by atoms with E-state index in [0.29, 0.717) is 16.5 Å². The third-order valence-electron chi connectivity index (χ3n) is 4.38. The molecule has 0 spiro atoms. The van der Waals surface area contributed by atoms with Crippen LogP contribution in [0, 0.1) is 16.0 Å². The minimum atomic E-state index is -0.701. The van der Waals surface area contributed by atoms with Gasteiger partial charge in [-0.15, -0.1) is 11.3 Å². The van der Waals surface area contributed by atoms with Crippen LogP contribution in [-0.2, 0) is 12.8 Å². The Balaban J connectivity index is 2.00. The van der Waals surface area contributed by atoms with Gasteiger partial charge in [-0.25, -0.2) is 0 Å². The zero-order valence-corrected chi connectivity index (χ0v) is 15.4. The number of nitrogens with one attached hydrogen (secondary N) is 1. The lowest BCUT2D eigenvalue weighted by molar-refractivity contribution is -0.385. The molecule has 2 aromatic rings. The molecule has 1 aromatic carbocycles. The van der Waals surface area contributed by atoms with Crippen molar-refractivity contribution in [3.05, 3.63) is 54.9 Å². The third-order valence-corrected chi connectivity index (χ3v) is 5.82. The number of benzene rings is 1. The van der Waals surface area contributed by atoms with E-state index in [1.54, 1.807) is 0 Å². The molecule has 1 aliphatic rings. The zero-order valence-electron chi connectivity index (χ0n) is 13.9. The molecule has 3 rings (SSSR count). The predicted molar refractivity (Wildman–Crippen MR) is 100 cm³/mol. The first kappa shape index (κ1) is 18.3. The van der Waals surface area contributed by atoms with E-state index in [9.17, 15) is 19.7 Å². The molecule has 2 amide bonds. The van der Waals surface area contributed by atoms with Gasteiger partial charge in [-0.2, -0.15) is 0 Å². The molecule has 9 heteroatoms. The largest absolute Gasteiger partial charge is 0.365 e. The highest BCUT2D eigenvalue weighted by molar-refractivity contribution is 7.17. The van der Waals surface area contributed by atoms with Crippen molar-refractivity contribution in [2.24, 2.45) is 11.7 Å². The Kier molecular flexibility index (Phi) is 4.97. The molecule has 0 bridgehead atoms. The van der Waals surface area contributed by atoms with Crippen LogP contribution in [0.1, 0.15) is 44.5 Å². The van der Waals surface area contributed by atoms with Crippen molar-refractivity contribution in [1.29, 1.82) is 0 Å². The Morgan fingerprint density at radius 1 is 1.42 bits per heavy atom. The van der Waals surface area contributed by atoms with Gasteiger partial charge in [0, 0.05) is 16.0 Å². The van der Waals surface area contributed by atoms with Gasteiger partial charge in [0.1, 0.15) is 10.6 Å². The third kappa shape index (κ3) is 3.42. The first-order valence-electron chi connectivity index (χ1n) is 7.97. The molecule has 26 heavy (non-hydrogen) atoms. The van der Waals surface area contributed by atoms with Crippen LogP contribution in [0.4, 0.5) is 10.7 Å².